The summed E-state index contributed by atoms with van der Waals surface area (Å²) in [5, 5.41) is 0. The summed E-state index contributed by atoms with van der Waals surface area (Å²) in [6.07, 6.45) is 0. The van der Waals surface area contributed by atoms with E-state index >= 15 is 0 Å². The van der Waals surface area contributed by atoms with E-state index in [1.165, 1.54) is 0 Å². The van der Waals surface area contributed by atoms with Gasteiger partial charge in [0.25, 0.3) is 0 Å². The number of carbonyl (C=O) groups is 1. The fourth-order valence-electron chi connectivity index (χ4n) is 0.220. The molecule has 80 valence electrons. The Morgan fingerprint density at radius 3 is 1.85 bits per heavy atom. The third-order valence-electron chi connectivity index (χ3n) is 1.08. The quantitative estimate of drug-likeness (QED) is 0.660. The van der Waals surface area contributed by atoms with Gasteiger partial charge in [-0.05, 0) is 27.7 Å². The number of hydrogen-bond donors (Lipinski definition) is 1. The van der Waals surface area contributed by atoms with Gasteiger partial charge in [-0.25, -0.2) is 0 Å². The van der Waals surface area contributed by atoms with Crippen LogP contribution >= 0.6 is 0 Å². The zero-order valence-electron chi connectivity index (χ0n) is 9.22. The molecular weight excluding hydrogens is 170 g/mol. The first-order valence-electron chi connectivity index (χ1n) is 4.28. The molecule has 0 saturated heterocycles. The van der Waals surface area contributed by atoms with Crippen LogP contribution in [0.25, 0.3) is 0 Å². The van der Waals surface area contributed by atoms with E-state index in [2.05, 4.69) is 4.74 Å². The summed E-state index contributed by atoms with van der Waals surface area (Å²) in [5.41, 5.74) is 4.93. The van der Waals surface area contributed by atoms with Gasteiger partial charge < -0.3 is 15.2 Å². The summed E-state index contributed by atoms with van der Waals surface area (Å²) in [6, 6.07) is 0. The van der Waals surface area contributed by atoms with Crippen molar-refractivity contribution in [3.05, 3.63) is 0 Å². The van der Waals surface area contributed by atoms with E-state index in [4.69, 9.17) is 10.5 Å². The minimum atomic E-state index is -0.345. The van der Waals surface area contributed by atoms with Crippen molar-refractivity contribution >= 4 is 5.97 Å². The van der Waals surface area contributed by atoms with Gasteiger partial charge in [0, 0.05) is 7.11 Å². The van der Waals surface area contributed by atoms with E-state index < -0.39 is 0 Å². The van der Waals surface area contributed by atoms with E-state index in [0.717, 1.165) is 0 Å². The highest BCUT2D eigenvalue weighted by Gasteiger charge is 2.03. The van der Waals surface area contributed by atoms with Crippen LogP contribution in [0, 0.1) is 0 Å². The van der Waals surface area contributed by atoms with Gasteiger partial charge in [-0.3, -0.25) is 4.79 Å². The van der Waals surface area contributed by atoms with Crippen LogP contribution in [-0.4, -0.2) is 31.8 Å². The second-order valence-corrected chi connectivity index (χ2v) is 3.33. The lowest BCUT2D eigenvalue weighted by molar-refractivity contribution is -0.141. The molecule has 0 aromatic rings. The van der Waals surface area contributed by atoms with E-state index in [-0.39, 0.29) is 18.1 Å². The Hall–Kier alpha value is -0.610. The summed E-state index contributed by atoms with van der Waals surface area (Å²) in [4.78, 5) is 10.1. The van der Waals surface area contributed by atoms with Gasteiger partial charge in [0.15, 0.2) is 0 Å². The minimum absolute atomic E-state index is 0.0200. The molecule has 0 bridgehead atoms. The lowest BCUT2D eigenvalue weighted by Gasteiger charge is -2.14. The molecule has 0 aliphatic rings. The first-order valence-corrected chi connectivity index (χ1v) is 4.28. The summed E-state index contributed by atoms with van der Waals surface area (Å²) < 4.78 is 9.36. The maximum atomic E-state index is 10.1. The molecule has 0 rings (SSSR count). The molecule has 0 spiro atoms. The number of carbonyl (C=O) groups excluding carboxylic acids is 1. The average Bonchev–Trinajstić information content (AvgIpc) is 2.05. The van der Waals surface area contributed by atoms with Crippen LogP contribution in [0.1, 0.15) is 27.7 Å². The Balaban J connectivity index is 0. The van der Waals surface area contributed by atoms with Crippen LogP contribution in [0.15, 0.2) is 0 Å². The van der Waals surface area contributed by atoms with Crippen molar-refractivity contribution in [2.24, 2.45) is 5.73 Å². The van der Waals surface area contributed by atoms with E-state index in [0.29, 0.717) is 6.61 Å². The summed E-state index contributed by atoms with van der Waals surface area (Å²) in [6.45, 7) is 8.20. The normalized spacial score (nSPS) is 10.0. The second kappa shape index (κ2) is 8.01. The van der Waals surface area contributed by atoms with Gasteiger partial charge in [-0.15, -0.1) is 0 Å². The van der Waals surface area contributed by atoms with E-state index in [9.17, 15) is 4.79 Å². The highest BCUT2D eigenvalue weighted by molar-refractivity contribution is 5.71. The van der Waals surface area contributed by atoms with Crippen LogP contribution in [-0.2, 0) is 14.3 Å². The molecule has 2 N–H and O–H groups in total. The monoisotopic (exact) mass is 191 g/mol. The molecule has 0 saturated carbocycles. The third kappa shape index (κ3) is 18.4. The third-order valence-corrected chi connectivity index (χ3v) is 1.08. The van der Waals surface area contributed by atoms with Crippen LogP contribution in [0.2, 0.25) is 0 Å². The average molecular weight is 191 g/mol. The summed E-state index contributed by atoms with van der Waals surface area (Å²) in [5.74, 6) is -0.345. The van der Waals surface area contributed by atoms with Gasteiger partial charge in [0.2, 0.25) is 0 Å². The Morgan fingerprint density at radius 1 is 1.38 bits per heavy atom. The maximum absolute atomic E-state index is 10.1. The van der Waals surface area contributed by atoms with Crippen LogP contribution in [0.3, 0.4) is 0 Å². The topological polar surface area (TPSA) is 61.5 Å². The SMILES string of the molecule is CCOC(=O)CN.COC(C)(C)C. The van der Waals surface area contributed by atoms with E-state index in [1.807, 2.05) is 20.8 Å². The fourth-order valence-corrected chi connectivity index (χ4v) is 0.220. The molecule has 0 amide bonds. The predicted octanol–water partition coefficient (Wildman–Crippen LogP) is 0.940. The Bertz CT molecular complexity index is 129. The van der Waals surface area contributed by atoms with Crippen molar-refractivity contribution in [2.75, 3.05) is 20.3 Å². The van der Waals surface area contributed by atoms with Gasteiger partial charge >= 0.3 is 5.97 Å². The van der Waals surface area contributed by atoms with Crippen molar-refractivity contribution in [3.63, 3.8) is 0 Å². The lowest BCUT2D eigenvalue weighted by atomic mass is 10.2. The zero-order chi connectivity index (χ0) is 10.9. The molecule has 13 heavy (non-hydrogen) atoms. The number of nitrogens with two attached hydrogens (primary N) is 1. The van der Waals surface area contributed by atoms with E-state index in [1.54, 1.807) is 14.0 Å². The fraction of sp³-hybridized carbons (Fsp3) is 0.889. The summed E-state index contributed by atoms with van der Waals surface area (Å²) >= 11 is 0. The number of methoxy groups -OCH3 is 1. The number of ether oxygens (including phenoxy) is 2. The van der Waals surface area contributed by atoms with Gasteiger partial charge in [0.1, 0.15) is 0 Å². The van der Waals surface area contributed by atoms with Crippen LogP contribution in [0.4, 0.5) is 0 Å². The van der Waals surface area contributed by atoms with Crippen molar-refractivity contribution in [1.29, 1.82) is 0 Å². The number of esters is 1. The Kier molecular flexibility index (Phi) is 9.17. The lowest BCUT2D eigenvalue weighted by Crippen LogP contribution is -2.16. The largest absolute Gasteiger partial charge is 0.465 e. The van der Waals surface area contributed by atoms with Crippen molar-refractivity contribution in [1.82, 2.24) is 0 Å². The van der Waals surface area contributed by atoms with Gasteiger partial charge in [-0.2, -0.15) is 0 Å². The number of rotatable bonds is 2. The van der Waals surface area contributed by atoms with Crippen LogP contribution in [0.5, 0.6) is 0 Å². The molecule has 0 heterocycles. The number of hydrogen-bond acceptors (Lipinski definition) is 4. The molecule has 0 unspecified atom stereocenters. The zero-order valence-corrected chi connectivity index (χ0v) is 9.22. The first kappa shape index (κ1) is 14.9. The Morgan fingerprint density at radius 2 is 1.77 bits per heavy atom. The molecule has 0 aliphatic carbocycles. The van der Waals surface area contributed by atoms with Gasteiger partial charge in [0.05, 0.1) is 18.8 Å². The summed E-state index contributed by atoms with van der Waals surface area (Å²) in [7, 11) is 1.71. The van der Waals surface area contributed by atoms with Crippen molar-refractivity contribution in [3.8, 4) is 0 Å². The standard InChI is InChI=1S/C5H12O.C4H9NO2/c1-5(2,3)6-4;1-2-7-4(6)3-5/h1-4H3;2-3,5H2,1H3. The maximum Gasteiger partial charge on any atom is 0.319 e. The molecule has 0 aromatic carbocycles. The highest BCUT2D eigenvalue weighted by atomic mass is 16.5. The second-order valence-electron chi connectivity index (χ2n) is 3.33. The van der Waals surface area contributed by atoms with Crippen molar-refractivity contribution in [2.45, 2.75) is 33.3 Å². The molecule has 4 nitrogen and oxygen atoms in total. The molecular formula is C9H21NO3. The molecule has 4 heteroatoms. The smallest absolute Gasteiger partial charge is 0.319 e. The molecule has 0 radical (unpaired) electrons. The van der Waals surface area contributed by atoms with Crippen molar-refractivity contribution < 1.29 is 14.3 Å². The molecule has 0 atom stereocenters. The highest BCUT2D eigenvalue weighted by Crippen LogP contribution is 2.02. The minimum Gasteiger partial charge on any atom is -0.465 e. The molecule has 0 aromatic heterocycles. The predicted molar refractivity (Wildman–Crippen MR) is 52.4 cm³/mol. The Labute approximate surface area is 80.4 Å². The first-order chi connectivity index (χ1) is 5.87. The molecule has 0 aliphatic heterocycles. The van der Waals surface area contributed by atoms with Gasteiger partial charge in [-0.1, -0.05) is 0 Å². The molecule has 0 fully saturated rings. The van der Waals surface area contributed by atoms with Crippen LogP contribution < -0.4 is 5.73 Å².